The third-order valence-electron chi connectivity index (χ3n) is 3.86. The van der Waals surface area contributed by atoms with Crippen LogP contribution in [-0.4, -0.2) is 37.2 Å². The standard InChI is InChI=1S/C19H14F6N2O5S/c1-33(28,29)30-11-13-10-17(12-3-2-4-16(9-12)32-19(23,24)25)27(26-13)14-5-7-15(8-6-14)31-18(20,21)22/h2-10H,11H2,1H3. The van der Waals surface area contributed by atoms with Gasteiger partial charge in [0.1, 0.15) is 18.1 Å². The number of aromatic nitrogens is 2. The summed E-state index contributed by atoms with van der Waals surface area (Å²) < 4.78 is 111. The molecule has 0 saturated carbocycles. The van der Waals surface area contributed by atoms with Crippen LogP contribution in [0.25, 0.3) is 16.9 Å². The Kier molecular flexibility index (Phi) is 6.61. The van der Waals surface area contributed by atoms with Crippen LogP contribution in [0.15, 0.2) is 54.6 Å². The quantitative estimate of drug-likeness (QED) is 0.345. The summed E-state index contributed by atoms with van der Waals surface area (Å²) in [6.45, 7) is -0.479. The molecule has 0 N–H and O–H groups in total. The van der Waals surface area contributed by atoms with Gasteiger partial charge in [-0.15, -0.1) is 26.3 Å². The van der Waals surface area contributed by atoms with Crippen LogP contribution in [0, 0.1) is 0 Å². The second kappa shape index (κ2) is 8.94. The molecular formula is C19H14F6N2O5S. The molecule has 0 radical (unpaired) electrons. The van der Waals surface area contributed by atoms with Gasteiger partial charge in [-0.2, -0.15) is 13.5 Å². The second-order valence-corrected chi connectivity index (χ2v) is 8.16. The fraction of sp³-hybridized carbons (Fsp3) is 0.211. The van der Waals surface area contributed by atoms with Gasteiger partial charge in [-0.05, 0) is 42.5 Å². The van der Waals surface area contributed by atoms with E-state index in [4.69, 9.17) is 4.18 Å². The molecule has 3 aromatic rings. The summed E-state index contributed by atoms with van der Waals surface area (Å²) in [6, 6.07) is 10.7. The van der Waals surface area contributed by atoms with E-state index in [1.54, 1.807) is 0 Å². The van der Waals surface area contributed by atoms with E-state index in [0.29, 0.717) is 0 Å². The zero-order valence-electron chi connectivity index (χ0n) is 16.5. The molecule has 0 bridgehead atoms. The van der Waals surface area contributed by atoms with Gasteiger partial charge < -0.3 is 9.47 Å². The summed E-state index contributed by atoms with van der Waals surface area (Å²) in [4.78, 5) is 0. The zero-order valence-corrected chi connectivity index (χ0v) is 17.3. The van der Waals surface area contributed by atoms with Crippen LogP contribution in [-0.2, 0) is 20.9 Å². The highest BCUT2D eigenvalue weighted by atomic mass is 32.2. The van der Waals surface area contributed by atoms with Crippen LogP contribution in [0.3, 0.4) is 0 Å². The highest BCUT2D eigenvalue weighted by molar-refractivity contribution is 7.85. The molecule has 178 valence electrons. The van der Waals surface area contributed by atoms with E-state index in [2.05, 4.69) is 14.6 Å². The topological polar surface area (TPSA) is 79.7 Å². The van der Waals surface area contributed by atoms with Gasteiger partial charge in [0.05, 0.1) is 23.3 Å². The Morgan fingerprint density at radius 1 is 0.879 bits per heavy atom. The molecule has 0 spiro atoms. The zero-order chi connectivity index (χ0) is 24.4. The smallest absolute Gasteiger partial charge is 0.406 e. The van der Waals surface area contributed by atoms with E-state index in [-0.39, 0.29) is 22.6 Å². The average molecular weight is 496 g/mol. The third kappa shape index (κ3) is 7.39. The molecule has 0 amide bonds. The van der Waals surface area contributed by atoms with E-state index in [9.17, 15) is 34.8 Å². The SMILES string of the molecule is CS(=O)(=O)OCc1cc(-c2cccc(OC(F)(F)F)c2)n(-c2ccc(OC(F)(F)F)cc2)n1. The fourth-order valence-corrected chi connectivity index (χ4v) is 3.05. The van der Waals surface area contributed by atoms with Gasteiger partial charge in [0, 0.05) is 5.56 Å². The molecule has 2 aromatic carbocycles. The number of nitrogens with zero attached hydrogens (tertiary/aromatic N) is 2. The van der Waals surface area contributed by atoms with Crippen molar-refractivity contribution in [2.75, 3.05) is 6.26 Å². The molecule has 1 heterocycles. The lowest BCUT2D eigenvalue weighted by atomic mass is 10.1. The van der Waals surface area contributed by atoms with Gasteiger partial charge >= 0.3 is 12.7 Å². The van der Waals surface area contributed by atoms with Gasteiger partial charge in [0.15, 0.2) is 0 Å². The van der Waals surface area contributed by atoms with Crippen molar-refractivity contribution in [3.8, 4) is 28.4 Å². The van der Waals surface area contributed by atoms with Crippen molar-refractivity contribution in [3.05, 3.63) is 60.3 Å². The van der Waals surface area contributed by atoms with E-state index < -0.39 is 40.9 Å². The lowest BCUT2D eigenvalue weighted by molar-refractivity contribution is -0.275. The van der Waals surface area contributed by atoms with Crippen LogP contribution in [0.1, 0.15) is 5.69 Å². The highest BCUT2D eigenvalue weighted by Crippen LogP contribution is 2.31. The summed E-state index contributed by atoms with van der Waals surface area (Å²) in [5, 5.41) is 4.17. The van der Waals surface area contributed by atoms with Crippen molar-refractivity contribution < 1.29 is 48.4 Å². The van der Waals surface area contributed by atoms with Crippen LogP contribution >= 0.6 is 0 Å². The predicted molar refractivity (Wildman–Crippen MR) is 102 cm³/mol. The van der Waals surface area contributed by atoms with Crippen LogP contribution in [0.2, 0.25) is 0 Å². The molecule has 0 aliphatic rings. The van der Waals surface area contributed by atoms with E-state index in [0.717, 1.165) is 30.5 Å². The summed E-state index contributed by atoms with van der Waals surface area (Å²) in [5.74, 6) is -1.02. The molecule has 0 saturated heterocycles. The number of alkyl halides is 6. The maximum atomic E-state index is 12.6. The molecule has 0 aliphatic carbocycles. The van der Waals surface area contributed by atoms with Crippen LogP contribution in [0.5, 0.6) is 11.5 Å². The fourth-order valence-electron chi connectivity index (χ4n) is 2.71. The maximum absolute atomic E-state index is 12.6. The number of hydrogen-bond donors (Lipinski definition) is 0. The molecule has 0 atom stereocenters. The summed E-state index contributed by atoms with van der Waals surface area (Å²) >= 11 is 0. The summed E-state index contributed by atoms with van der Waals surface area (Å²) in [5.41, 5.74) is 0.699. The number of benzene rings is 2. The Labute approximate surface area is 183 Å². The molecule has 3 rings (SSSR count). The maximum Gasteiger partial charge on any atom is 0.573 e. The number of halogens is 6. The molecule has 7 nitrogen and oxygen atoms in total. The first-order valence-electron chi connectivity index (χ1n) is 8.84. The molecule has 1 aromatic heterocycles. The third-order valence-corrected chi connectivity index (χ3v) is 4.41. The van der Waals surface area contributed by atoms with Crippen molar-refractivity contribution in [2.24, 2.45) is 0 Å². The number of rotatable bonds is 7. The molecule has 0 unspecified atom stereocenters. The predicted octanol–water partition coefficient (Wildman–Crippen LogP) is 4.81. The Morgan fingerprint density at radius 3 is 2.06 bits per heavy atom. The highest BCUT2D eigenvalue weighted by Gasteiger charge is 2.32. The lowest BCUT2D eigenvalue weighted by Crippen LogP contribution is -2.17. The second-order valence-electron chi connectivity index (χ2n) is 6.52. The molecule has 33 heavy (non-hydrogen) atoms. The average Bonchev–Trinajstić information content (AvgIpc) is 3.08. The van der Waals surface area contributed by atoms with Crippen LogP contribution < -0.4 is 9.47 Å². The largest absolute Gasteiger partial charge is 0.573 e. The monoisotopic (exact) mass is 496 g/mol. The van der Waals surface area contributed by atoms with E-state index >= 15 is 0 Å². The van der Waals surface area contributed by atoms with E-state index in [1.165, 1.54) is 35.0 Å². The van der Waals surface area contributed by atoms with Crippen molar-refractivity contribution in [1.29, 1.82) is 0 Å². The number of ether oxygens (including phenoxy) is 2. The first-order valence-corrected chi connectivity index (χ1v) is 10.7. The Hall–Kier alpha value is -3.26. The summed E-state index contributed by atoms with van der Waals surface area (Å²) in [6.07, 6.45) is -9.00. The van der Waals surface area contributed by atoms with Crippen LogP contribution in [0.4, 0.5) is 26.3 Å². The minimum Gasteiger partial charge on any atom is -0.406 e. The first-order chi connectivity index (χ1) is 15.2. The van der Waals surface area contributed by atoms with Gasteiger partial charge in [-0.25, -0.2) is 4.68 Å². The molecule has 14 heteroatoms. The minimum atomic E-state index is -4.93. The van der Waals surface area contributed by atoms with Crippen molar-refractivity contribution in [2.45, 2.75) is 19.3 Å². The Morgan fingerprint density at radius 2 is 1.48 bits per heavy atom. The minimum absolute atomic E-state index is 0.0909. The first kappa shape index (κ1) is 24.4. The Balaban J connectivity index is 2.02. The Bertz CT molecular complexity index is 1220. The van der Waals surface area contributed by atoms with Gasteiger partial charge in [0.2, 0.25) is 0 Å². The van der Waals surface area contributed by atoms with Crippen molar-refractivity contribution in [1.82, 2.24) is 9.78 Å². The number of hydrogen-bond acceptors (Lipinski definition) is 6. The molecule has 0 fully saturated rings. The van der Waals surface area contributed by atoms with Gasteiger partial charge in [-0.1, -0.05) is 12.1 Å². The van der Waals surface area contributed by atoms with Gasteiger partial charge in [-0.3, -0.25) is 4.18 Å². The van der Waals surface area contributed by atoms with Crippen molar-refractivity contribution >= 4 is 10.1 Å². The van der Waals surface area contributed by atoms with E-state index in [1.807, 2.05) is 0 Å². The van der Waals surface area contributed by atoms with Gasteiger partial charge in [0.25, 0.3) is 10.1 Å². The lowest BCUT2D eigenvalue weighted by Gasteiger charge is -2.12. The normalized spacial score (nSPS) is 12.6. The molecule has 0 aliphatic heterocycles. The van der Waals surface area contributed by atoms with Crippen molar-refractivity contribution in [3.63, 3.8) is 0 Å². The molecular weight excluding hydrogens is 482 g/mol. The summed E-state index contributed by atoms with van der Waals surface area (Å²) in [7, 11) is -3.82.